The minimum Gasteiger partial charge on any atom is -0.479 e. The van der Waals surface area contributed by atoms with Crippen molar-refractivity contribution in [2.45, 2.75) is 38.3 Å². The molecule has 1 aromatic carbocycles. The van der Waals surface area contributed by atoms with Crippen LogP contribution in [0.3, 0.4) is 0 Å². The topological polar surface area (TPSA) is 89.6 Å². The summed E-state index contributed by atoms with van der Waals surface area (Å²) in [5, 5.41) is 9.78. The molecule has 1 rings (SSSR count). The lowest BCUT2D eigenvalue weighted by Crippen LogP contribution is -2.58. The Morgan fingerprint density at radius 2 is 1.75 bits per heavy atom. The number of carboxylic acid groups (broad SMARTS) is 1. The van der Waals surface area contributed by atoms with Gasteiger partial charge in [-0.1, -0.05) is 23.7 Å². The van der Waals surface area contributed by atoms with Crippen LogP contribution in [0.2, 0.25) is 5.02 Å². The summed E-state index contributed by atoms with van der Waals surface area (Å²) in [5.74, 6) is -2.39. The first-order chi connectivity index (χ1) is 9.04. The zero-order valence-corrected chi connectivity index (χ0v) is 12.4. The molecule has 1 aromatic rings. The fourth-order valence-electron chi connectivity index (χ4n) is 1.53. The number of hydrogen-bond acceptors (Lipinski definition) is 4. The van der Waals surface area contributed by atoms with Gasteiger partial charge in [-0.2, -0.15) is 0 Å². The van der Waals surface area contributed by atoms with Crippen molar-refractivity contribution in [3.05, 3.63) is 34.9 Å². The minimum atomic E-state index is -2.12. The van der Waals surface area contributed by atoms with Gasteiger partial charge in [0.2, 0.25) is 5.54 Å². The van der Waals surface area contributed by atoms with E-state index < -0.39 is 23.1 Å². The third-order valence-corrected chi connectivity index (χ3v) is 2.79. The van der Waals surface area contributed by atoms with E-state index in [1.165, 1.54) is 0 Å². The number of halogens is 1. The van der Waals surface area contributed by atoms with Gasteiger partial charge in [-0.25, -0.2) is 9.59 Å². The van der Waals surface area contributed by atoms with Crippen molar-refractivity contribution in [2.75, 3.05) is 0 Å². The zero-order valence-electron chi connectivity index (χ0n) is 11.6. The van der Waals surface area contributed by atoms with Crippen LogP contribution in [-0.2, 0) is 20.7 Å². The molecule has 5 nitrogen and oxygen atoms in total. The lowest BCUT2D eigenvalue weighted by molar-refractivity contribution is -0.169. The number of esters is 1. The van der Waals surface area contributed by atoms with Crippen molar-refractivity contribution in [3.63, 3.8) is 0 Å². The van der Waals surface area contributed by atoms with E-state index in [9.17, 15) is 14.7 Å². The van der Waals surface area contributed by atoms with Crippen LogP contribution < -0.4 is 5.73 Å². The number of rotatable bonds is 4. The molecule has 0 aliphatic rings. The minimum absolute atomic E-state index is 0.172. The van der Waals surface area contributed by atoms with Gasteiger partial charge in [-0.3, -0.25) is 0 Å². The van der Waals surface area contributed by atoms with Gasteiger partial charge in [-0.05, 0) is 38.5 Å². The van der Waals surface area contributed by atoms with E-state index in [2.05, 4.69) is 0 Å². The van der Waals surface area contributed by atoms with Crippen molar-refractivity contribution in [1.29, 1.82) is 0 Å². The first kappa shape index (κ1) is 16.5. The summed E-state index contributed by atoms with van der Waals surface area (Å²) in [6.45, 7) is 4.94. The highest BCUT2D eigenvalue weighted by molar-refractivity contribution is 6.30. The summed E-state index contributed by atoms with van der Waals surface area (Å²) >= 11 is 5.76. The molecule has 0 unspecified atom stereocenters. The van der Waals surface area contributed by atoms with Crippen LogP contribution in [0.5, 0.6) is 0 Å². The molecule has 0 aromatic heterocycles. The molecule has 0 radical (unpaired) electrons. The number of carbonyl (C=O) groups excluding carboxylic acids is 1. The molecule has 1 atom stereocenters. The molecule has 110 valence electrons. The molecule has 0 amide bonds. The summed E-state index contributed by atoms with van der Waals surface area (Å²) in [6, 6.07) is 6.46. The molecule has 0 heterocycles. The molecule has 0 aliphatic carbocycles. The van der Waals surface area contributed by atoms with Crippen molar-refractivity contribution < 1.29 is 19.4 Å². The summed E-state index contributed by atoms with van der Waals surface area (Å²) in [6.07, 6.45) is -0.172. The molecule has 0 fully saturated rings. The van der Waals surface area contributed by atoms with Crippen LogP contribution in [0.25, 0.3) is 0 Å². The summed E-state index contributed by atoms with van der Waals surface area (Å²) in [7, 11) is 0. The molecule has 0 saturated carbocycles. The van der Waals surface area contributed by atoms with Crippen molar-refractivity contribution in [2.24, 2.45) is 5.73 Å². The number of benzene rings is 1. The van der Waals surface area contributed by atoms with E-state index in [-0.39, 0.29) is 6.42 Å². The Morgan fingerprint density at radius 3 is 2.15 bits per heavy atom. The monoisotopic (exact) mass is 299 g/mol. The van der Waals surface area contributed by atoms with Crippen LogP contribution in [0.15, 0.2) is 24.3 Å². The van der Waals surface area contributed by atoms with Crippen LogP contribution in [-0.4, -0.2) is 28.2 Å². The third kappa shape index (κ3) is 4.21. The van der Waals surface area contributed by atoms with Gasteiger partial charge in [0.1, 0.15) is 5.60 Å². The second-order valence-corrected chi connectivity index (χ2v) is 6.02. The summed E-state index contributed by atoms with van der Waals surface area (Å²) in [4.78, 5) is 23.4. The van der Waals surface area contributed by atoms with E-state index in [1.807, 2.05) is 0 Å². The van der Waals surface area contributed by atoms with Crippen molar-refractivity contribution in [3.8, 4) is 0 Å². The molecule has 0 spiro atoms. The number of hydrogen-bond donors (Lipinski definition) is 2. The van der Waals surface area contributed by atoms with Crippen molar-refractivity contribution in [1.82, 2.24) is 0 Å². The highest BCUT2D eigenvalue weighted by Crippen LogP contribution is 2.19. The van der Waals surface area contributed by atoms with Crippen LogP contribution in [0.4, 0.5) is 0 Å². The lowest BCUT2D eigenvalue weighted by atomic mass is 9.91. The molecular formula is C14H18ClNO4. The Kier molecular flexibility index (Phi) is 4.78. The largest absolute Gasteiger partial charge is 0.479 e. The molecule has 6 heteroatoms. The molecule has 3 N–H and O–H groups in total. The van der Waals surface area contributed by atoms with Crippen LogP contribution >= 0.6 is 11.6 Å². The quantitative estimate of drug-likeness (QED) is 0.655. The van der Waals surface area contributed by atoms with E-state index in [1.54, 1.807) is 45.0 Å². The number of carboxylic acids is 1. The molecule has 20 heavy (non-hydrogen) atoms. The van der Waals surface area contributed by atoms with E-state index >= 15 is 0 Å². The lowest BCUT2D eigenvalue weighted by Gasteiger charge is -2.28. The van der Waals surface area contributed by atoms with Gasteiger partial charge >= 0.3 is 11.9 Å². The summed E-state index contributed by atoms with van der Waals surface area (Å²) in [5.41, 5.74) is 3.41. The molecular weight excluding hydrogens is 282 g/mol. The van der Waals surface area contributed by atoms with Gasteiger partial charge in [-0.15, -0.1) is 0 Å². The number of nitrogens with two attached hydrogens (primary N) is 1. The van der Waals surface area contributed by atoms with Crippen LogP contribution in [0, 0.1) is 0 Å². The predicted molar refractivity (Wildman–Crippen MR) is 75.6 cm³/mol. The van der Waals surface area contributed by atoms with Gasteiger partial charge in [0.15, 0.2) is 0 Å². The Hall–Kier alpha value is -1.59. The highest BCUT2D eigenvalue weighted by Gasteiger charge is 2.45. The van der Waals surface area contributed by atoms with Crippen molar-refractivity contribution >= 4 is 23.5 Å². The highest BCUT2D eigenvalue weighted by atomic mass is 35.5. The van der Waals surface area contributed by atoms with Gasteiger partial charge < -0.3 is 15.6 Å². The van der Waals surface area contributed by atoms with Gasteiger partial charge in [0.25, 0.3) is 0 Å². The van der Waals surface area contributed by atoms with E-state index in [4.69, 9.17) is 22.1 Å². The zero-order chi connectivity index (χ0) is 15.6. The fourth-order valence-corrected chi connectivity index (χ4v) is 1.65. The SMILES string of the molecule is CC(C)(C)OC(=O)[C@](N)(Cc1ccc(Cl)cc1)C(=O)O. The normalized spacial score (nSPS) is 14.4. The predicted octanol–water partition coefficient (Wildman–Crippen LogP) is 2.01. The second kappa shape index (κ2) is 5.81. The molecule has 0 bridgehead atoms. The Morgan fingerprint density at radius 1 is 1.25 bits per heavy atom. The average molecular weight is 300 g/mol. The maximum absolute atomic E-state index is 12.0. The molecule has 0 saturated heterocycles. The first-order valence-corrected chi connectivity index (χ1v) is 6.42. The first-order valence-electron chi connectivity index (χ1n) is 6.05. The standard InChI is InChI=1S/C14H18ClNO4/c1-13(2,3)20-12(19)14(16,11(17)18)8-9-4-6-10(15)7-5-9/h4-7H,8,16H2,1-3H3,(H,17,18)/t14-/m0/s1. The van der Waals surface area contributed by atoms with Gasteiger partial charge in [0, 0.05) is 11.4 Å². The maximum Gasteiger partial charge on any atom is 0.338 e. The summed E-state index contributed by atoms with van der Waals surface area (Å²) < 4.78 is 5.09. The van der Waals surface area contributed by atoms with E-state index in [0.29, 0.717) is 10.6 Å². The molecule has 0 aliphatic heterocycles. The Balaban J connectivity index is 3.00. The van der Waals surface area contributed by atoms with Gasteiger partial charge in [0.05, 0.1) is 0 Å². The number of ether oxygens (including phenoxy) is 1. The Labute approximate surface area is 122 Å². The number of aliphatic carboxylic acids is 1. The maximum atomic E-state index is 12.0. The smallest absolute Gasteiger partial charge is 0.338 e. The average Bonchev–Trinajstić information content (AvgIpc) is 2.29. The van der Waals surface area contributed by atoms with E-state index in [0.717, 1.165) is 0 Å². The Bertz CT molecular complexity index is 507. The third-order valence-electron chi connectivity index (χ3n) is 2.54. The fraction of sp³-hybridized carbons (Fsp3) is 0.429. The second-order valence-electron chi connectivity index (χ2n) is 5.58. The number of carbonyl (C=O) groups is 2. The van der Waals surface area contributed by atoms with Crippen LogP contribution in [0.1, 0.15) is 26.3 Å².